The van der Waals surface area contributed by atoms with Gasteiger partial charge in [0.2, 0.25) is 0 Å². The van der Waals surface area contributed by atoms with Crippen LogP contribution in [-0.4, -0.2) is 47.7 Å². The van der Waals surface area contributed by atoms with Crippen molar-refractivity contribution >= 4 is 51.9 Å². The van der Waals surface area contributed by atoms with Crippen LogP contribution in [0.2, 0.25) is 0 Å². The maximum absolute atomic E-state index is 12.7. The number of urea groups is 1. The van der Waals surface area contributed by atoms with E-state index >= 15 is 0 Å². The van der Waals surface area contributed by atoms with Crippen molar-refractivity contribution in [3.8, 4) is 0 Å². The lowest BCUT2D eigenvalue weighted by atomic mass is 10.1. The summed E-state index contributed by atoms with van der Waals surface area (Å²) in [6.07, 6.45) is 0.743. The Bertz CT molecular complexity index is 1020. The van der Waals surface area contributed by atoms with Gasteiger partial charge in [-0.3, -0.25) is 15.3 Å². The number of carbonyl (C=O) groups is 1. The molecular weight excluding hydrogens is 438 g/mol. The van der Waals surface area contributed by atoms with Crippen LogP contribution in [0.15, 0.2) is 53.6 Å². The number of hydrogen-bond acceptors (Lipinski definition) is 7. The first kappa shape index (κ1) is 22.7. The molecule has 1 aliphatic rings. The minimum absolute atomic E-state index is 0.103. The first-order valence-corrected chi connectivity index (χ1v) is 10.5. The molecule has 1 heterocycles. The molecule has 31 heavy (non-hydrogen) atoms. The largest absolute Gasteiger partial charge is 0.347 e. The molecule has 2 aromatic rings. The first-order chi connectivity index (χ1) is 14.6. The fourth-order valence-corrected chi connectivity index (χ4v) is 4.75. The Balaban J connectivity index is 1.78. The second-order valence-electron chi connectivity index (χ2n) is 7.42. The number of nitro groups is 1. The van der Waals surface area contributed by atoms with E-state index in [1.165, 1.54) is 41.0 Å². The SMILES string of the molecule is Cc1ccc(/C=N\N2C(=S)SC(C)(C)[C@@H]2N(O)C(=O)Nc2ccc([N+](=O)[O-])cc2)cc1. The summed E-state index contributed by atoms with van der Waals surface area (Å²) < 4.78 is -0.232. The molecule has 0 unspecified atom stereocenters. The molecule has 0 aliphatic carbocycles. The van der Waals surface area contributed by atoms with Crippen LogP contribution in [0.5, 0.6) is 0 Å². The van der Waals surface area contributed by atoms with Gasteiger partial charge in [-0.2, -0.15) is 10.2 Å². The Morgan fingerprint density at radius 1 is 1.29 bits per heavy atom. The summed E-state index contributed by atoms with van der Waals surface area (Å²) in [6, 6.07) is 12.2. The summed E-state index contributed by atoms with van der Waals surface area (Å²) in [6.45, 7) is 5.68. The Hall–Kier alpha value is -3.02. The Kier molecular flexibility index (Phi) is 6.58. The molecule has 1 fully saturated rings. The number of nitrogens with one attached hydrogen (secondary N) is 1. The molecule has 1 atom stereocenters. The number of thiocarbonyl (C=S) groups is 1. The molecule has 1 aliphatic heterocycles. The van der Waals surface area contributed by atoms with E-state index in [0.29, 0.717) is 15.1 Å². The molecule has 0 saturated carbocycles. The average molecular weight is 460 g/mol. The standard InChI is InChI=1S/C20H21N5O4S2/c1-13-4-6-14(7-5-13)12-21-23-17(20(2,3)31-19(23)30)24(27)18(26)22-15-8-10-16(11-9-15)25(28)29/h4-12,17,27H,1-3H3,(H,22,26)/b21-12-/t17-/m0/s1. The number of hydroxylamine groups is 2. The molecular formula is C20H21N5O4S2. The van der Waals surface area contributed by atoms with E-state index in [2.05, 4.69) is 10.4 Å². The van der Waals surface area contributed by atoms with Crippen molar-refractivity contribution in [3.63, 3.8) is 0 Å². The topological polar surface area (TPSA) is 111 Å². The number of aryl methyl sites for hydroxylation is 1. The van der Waals surface area contributed by atoms with Gasteiger partial charge in [0, 0.05) is 17.8 Å². The number of nitrogens with zero attached hydrogens (tertiary/aromatic N) is 4. The van der Waals surface area contributed by atoms with Gasteiger partial charge in [0.1, 0.15) is 0 Å². The van der Waals surface area contributed by atoms with Gasteiger partial charge in [0.15, 0.2) is 10.5 Å². The van der Waals surface area contributed by atoms with Crippen molar-refractivity contribution in [3.05, 3.63) is 69.8 Å². The third-order valence-corrected chi connectivity index (χ3v) is 6.10. The third kappa shape index (κ3) is 5.19. The van der Waals surface area contributed by atoms with Crippen molar-refractivity contribution in [1.82, 2.24) is 10.1 Å². The molecule has 0 bridgehead atoms. The highest BCUT2D eigenvalue weighted by molar-refractivity contribution is 8.24. The van der Waals surface area contributed by atoms with Gasteiger partial charge in [-0.15, -0.1) is 0 Å². The lowest BCUT2D eigenvalue weighted by Gasteiger charge is -2.34. The van der Waals surface area contributed by atoms with Crippen molar-refractivity contribution in [1.29, 1.82) is 0 Å². The molecule has 2 aromatic carbocycles. The van der Waals surface area contributed by atoms with Gasteiger partial charge in [-0.1, -0.05) is 53.8 Å². The van der Waals surface area contributed by atoms with Crippen molar-refractivity contribution in [2.24, 2.45) is 5.10 Å². The maximum atomic E-state index is 12.7. The summed E-state index contributed by atoms with van der Waals surface area (Å²) in [4.78, 5) is 22.9. The Morgan fingerprint density at radius 3 is 2.48 bits per heavy atom. The van der Waals surface area contributed by atoms with Gasteiger partial charge in [-0.25, -0.2) is 9.80 Å². The lowest BCUT2D eigenvalue weighted by Crippen LogP contribution is -2.54. The maximum Gasteiger partial charge on any atom is 0.347 e. The molecule has 2 N–H and O–H groups in total. The summed E-state index contributed by atoms with van der Waals surface area (Å²) >= 11 is 6.74. The highest BCUT2D eigenvalue weighted by Gasteiger charge is 2.50. The molecule has 11 heteroatoms. The smallest absolute Gasteiger partial charge is 0.306 e. The second kappa shape index (κ2) is 9.00. The number of hydrazone groups is 1. The zero-order chi connectivity index (χ0) is 22.8. The predicted molar refractivity (Wildman–Crippen MR) is 124 cm³/mol. The number of benzene rings is 2. The molecule has 1 saturated heterocycles. The molecule has 0 radical (unpaired) electrons. The minimum Gasteiger partial charge on any atom is -0.306 e. The second-order valence-corrected chi connectivity index (χ2v) is 9.71. The molecule has 0 aromatic heterocycles. The molecule has 0 spiro atoms. The number of non-ortho nitro benzene ring substituents is 1. The van der Waals surface area contributed by atoms with E-state index in [9.17, 15) is 20.1 Å². The highest BCUT2D eigenvalue weighted by Crippen LogP contribution is 2.42. The van der Waals surface area contributed by atoms with Crippen LogP contribution in [0.25, 0.3) is 0 Å². The summed E-state index contributed by atoms with van der Waals surface area (Å²) in [5.41, 5.74) is 2.17. The normalized spacial score (nSPS) is 17.7. The zero-order valence-corrected chi connectivity index (χ0v) is 18.7. The molecule has 162 valence electrons. The summed E-state index contributed by atoms with van der Waals surface area (Å²) in [5.74, 6) is 0. The first-order valence-electron chi connectivity index (χ1n) is 9.25. The summed E-state index contributed by atoms with van der Waals surface area (Å²) in [7, 11) is 0. The number of amides is 2. The highest BCUT2D eigenvalue weighted by atomic mass is 32.2. The number of thioether (sulfide) groups is 1. The van der Waals surface area contributed by atoms with Crippen LogP contribution < -0.4 is 5.32 Å². The van der Waals surface area contributed by atoms with E-state index in [1.54, 1.807) is 6.21 Å². The van der Waals surface area contributed by atoms with E-state index in [0.717, 1.165) is 11.1 Å². The number of hydrogen-bond donors (Lipinski definition) is 2. The Labute approximate surface area is 188 Å². The van der Waals surface area contributed by atoms with Crippen LogP contribution in [-0.2, 0) is 0 Å². The number of rotatable bonds is 5. The van der Waals surface area contributed by atoms with Crippen LogP contribution in [0.4, 0.5) is 16.2 Å². The van der Waals surface area contributed by atoms with Crippen molar-refractivity contribution in [2.45, 2.75) is 31.7 Å². The molecule has 9 nitrogen and oxygen atoms in total. The van der Waals surface area contributed by atoms with Gasteiger partial charge in [0.05, 0.1) is 15.9 Å². The van der Waals surface area contributed by atoms with Crippen molar-refractivity contribution in [2.75, 3.05) is 5.32 Å². The molecule has 3 rings (SSSR count). The number of anilines is 1. The number of nitro benzene ring substituents is 1. The minimum atomic E-state index is -0.871. The van der Waals surface area contributed by atoms with Gasteiger partial charge >= 0.3 is 6.03 Å². The van der Waals surface area contributed by atoms with E-state index in [1.807, 2.05) is 45.0 Å². The monoisotopic (exact) mass is 459 g/mol. The predicted octanol–water partition coefficient (Wildman–Crippen LogP) is 4.60. The average Bonchev–Trinajstić information content (AvgIpc) is 2.94. The quantitative estimate of drug-likeness (QED) is 0.221. The van der Waals surface area contributed by atoms with Gasteiger partial charge < -0.3 is 5.32 Å². The summed E-state index contributed by atoms with van der Waals surface area (Å²) in [5, 5.41) is 30.4. The van der Waals surface area contributed by atoms with Gasteiger partial charge in [-0.05, 0) is 38.5 Å². The fourth-order valence-electron chi connectivity index (χ4n) is 2.97. The van der Waals surface area contributed by atoms with Crippen LogP contribution in [0.3, 0.4) is 0 Å². The van der Waals surface area contributed by atoms with Crippen LogP contribution in [0.1, 0.15) is 25.0 Å². The fraction of sp³-hybridized carbons (Fsp3) is 0.250. The van der Waals surface area contributed by atoms with Gasteiger partial charge in [0.25, 0.3) is 5.69 Å². The molecule has 2 amide bonds. The van der Waals surface area contributed by atoms with Crippen LogP contribution >= 0.6 is 24.0 Å². The number of carbonyl (C=O) groups excluding carboxylic acids is 1. The van der Waals surface area contributed by atoms with E-state index in [-0.39, 0.29) is 5.69 Å². The zero-order valence-electron chi connectivity index (χ0n) is 17.1. The van der Waals surface area contributed by atoms with Crippen LogP contribution in [0, 0.1) is 17.0 Å². The third-order valence-electron chi connectivity index (χ3n) is 4.57. The van der Waals surface area contributed by atoms with Crippen molar-refractivity contribution < 1.29 is 14.9 Å². The lowest BCUT2D eigenvalue weighted by molar-refractivity contribution is -0.384. The van der Waals surface area contributed by atoms with E-state index < -0.39 is 21.9 Å². The van der Waals surface area contributed by atoms with E-state index in [4.69, 9.17) is 12.2 Å². The Morgan fingerprint density at radius 2 is 1.90 bits per heavy atom.